The number of ether oxygens (including phenoxy) is 1. The van der Waals surface area contributed by atoms with Gasteiger partial charge in [-0.2, -0.15) is 0 Å². The fourth-order valence-corrected chi connectivity index (χ4v) is 2.52. The molecule has 3 N–H and O–H groups in total. The first-order valence-corrected chi connectivity index (χ1v) is 7.54. The molecule has 0 bridgehead atoms. The number of amides is 1. The molecule has 1 amide bonds. The van der Waals surface area contributed by atoms with Crippen molar-refractivity contribution < 1.29 is 14.6 Å². The van der Waals surface area contributed by atoms with Crippen LogP contribution in [0, 0.1) is 4.77 Å². The summed E-state index contributed by atoms with van der Waals surface area (Å²) in [5.74, 6) is -0.0753. The van der Waals surface area contributed by atoms with E-state index in [2.05, 4.69) is 10.3 Å². The second kappa shape index (κ2) is 6.59. The minimum atomic E-state index is -0.412. The summed E-state index contributed by atoms with van der Waals surface area (Å²) in [5.41, 5.74) is 1.58. The van der Waals surface area contributed by atoms with Gasteiger partial charge in [-0.05, 0) is 42.5 Å². The fraction of sp³-hybridized carbons (Fsp3) is 0.0588. The maximum atomic E-state index is 12.4. The molecule has 0 aliphatic carbocycles. The number of hydrogen-bond donors (Lipinski definition) is 3. The first-order valence-electron chi connectivity index (χ1n) is 7.13. The van der Waals surface area contributed by atoms with Gasteiger partial charge in [0.1, 0.15) is 11.5 Å². The standard InChI is InChI=1S/C17H15N3O3S/c1-23-13-5-6-14(15(21)10-13)16(22)19-11-3-2-4-12(9-11)20-8-7-18-17(20)24/h2-10,21H,1H3,(H,18,24)(H,19,22). The van der Waals surface area contributed by atoms with Gasteiger partial charge in [-0.15, -0.1) is 0 Å². The van der Waals surface area contributed by atoms with Crippen molar-refractivity contribution in [3.63, 3.8) is 0 Å². The summed E-state index contributed by atoms with van der Waals surface area (Å²) in [7, 11) is 1.49. The minimum Gasteiger partial charge on any atom is -0.507 e. The van der Waals surface area contributed by atoms with E-state index in [1.807, 2.05) is 12.1 Å². The zero-order valence-corrected chi connectivity index (χ0v) is 13.6. The predicted octanol–water partition coefficient (Wildman–Crippen LogP) is 3.50. The molecule has 3 aromatic rings. The Morgan fingerprint density at radius 3 is 2.79 bits per heavy atom. The quantitative estimate of drug-likeness (QED) is 0.635. The lowest BCUT2D eigenvalue weighted by Gasteiger charge is -2.10. The number of carbonyl (C=O) groups excluding carboxylic acids is 1. The molecule has 0 atom stereocenters. The summed E-state index contributed by atoms with van der Waals surface area (Å²) in [6, 6.07) is 11.8. The monoisotopic (exact) mass is 341 g/mol. The summed E-state index contributed by atoms with van der Waals surface area (Å²) in [6.07, 6.45) is 3.54. The Labute approximate surface area is 143 Å². The number of benzene rings is 2. The highest BCUT2D eigenvalue weighted by molar-refractivity contribution is 7.71. The van der Waals surface area contributed by atoms with E-state index in [4.69, 9.17) is 17.0 Å². The van der Waals surface area contributed by atoms with Crippen LogP contribution in [0.25, 0.3) is 5.69 Å². The number of aromatic amines is 1. The molecule has 6 nitrogen and oxygen atoms in total. The number of methoxy groups -OCH3 is 1. The molecule has 2 aromatic carbocycles. The van der Waals surface area contributed by atoms with Gasteiger partial charge in [0.05, 0.1) is 12.7 Å². The van der Waals surface area contributed by atoms with Crippen molar-refractivity contribution in [3.05, 3.63) is 65.2 Å². The predicted molar refractivity (Wildman–Crippen MR) is 93.6 cm³/mol. The third-order valence-electron chi connectivity index (χ3n) is 3.48. The van der Waals surface area contributed by atoms with Gasteiger partial charge in [-0.3, -0.25) is 9.36 Å². The van der Waals surface area contributed by atoms with Crippen LogP contribution in [0.15, 0.2) is 54.9 Å². The van der Waals surface area contributed by atoms with E-state index in [-0.39, 0.29) is 11.3 Å². The van der Waals surface area contributed by atoms with Gasteiger partial charge < -0.3 is 20.1 Å². The first kappa shape index (κ1) is 15.8. The number of carbonyl (C=O) groups is 1. The van der Waals surface area contributed by atoms with E-state index in [0.29, 0.717) is 16.2 Å². The van der Waals surface area contributed by atoms with Crippen molar-refractivity contribution in [1.29, 1.82) is 0 Å². The molecule has 0 fully saturated rings. The molecule has 0 radical (unpaired) electrons. The summed E-state index contributed by atoms with van der Waals surface area (Å²) in [5, 5.41) is 12.7. The molecule has 24 heavy (non-hydrogen) atoms. The lowest BCUT2D eigenvalue weighted by Crippen LogP contribution is -2.12. The van der Waals surface area contributed by atoms with Gasteiger partial charge in [0.15, 0.2) is 4.77 Å². The van der Waals surface area contributed by atoms with Crippen molar-refractivity contribution in [2.45, 2.75) is 0 Å². The average Bonchev–Trinajstić information content (AvgIpc) is 3.01. The highest BCUT2D eigenvalue weighted by Gasteiger charge is 2.12. The molecule has 0 saturated carbocycles. The molecule has 0 spiro atoms. The van der Waals surface area contributed by atoms with Gasteiger partial charge in [0, 0.05) is 29.8 Å². The SMILES string of the molecule is COc1ccc(C(=O)Nc2cccc(-n3cc[nH]c3=S)c2)c(O)c1. The van der Waals surface area contributed by atoms with Crippen LogP contribution in [0.2, 0.25) is 0 Å². The summed E-state index contributed by atoms with van der Waals surface area (Å²) < 4.78 is 7.36. The van der Waals surface area contributed by atoms with E-state index >= 15 is 0 Å². The summed E-state index contributed by atoms with van der Waals surface area (Å²) >= 11 is 5.19. The molecule has 1 aromatic heterocycles. The molecular weight excluding hydrogens is 326 g/mol. The Hall–Kier alpha value is -3.06. The zero-order valence-electron chi connectivity index (χ0n) is 12.8. The highest BCUT2D eigenvalue weighted by atomic mass is 32.1. The smallest absolute Gasteiger partial charge is 0.259 e. The molecule has 0 saturated heterocycles. The summed E-state index contributed by atoms with van der Waals surface area (Å²) in [4.78, 5) is 15.3. The molecule has 3 rings (SSSR count). The van der Waals surface area contributed by atoms with Crippen molar-refractivity contribution in [2.24, 2.45) is 0 Å². The van der Waals surface area contributed by atoms with Gasteiger partial charge in [0.25, 0.3) is 5.91 Å². The Kier molecular flexibility index (Phi) is 4.35. The number of phenolic OH excluding ortho intramolecular Hbond substituents is 1. The van der Waals surface area contributed by atoms with Gasteiger partial charge in [0.2, 0.25) is 0 Å². The van der Waals surface area contributed by atoms with Crippen LogP contribution in [0.1, 0.15) is 10.4 Å². The molecule has 0 aliphatic rings. The second-order valence-electron chi connectivity index (χ2n) is 5.02. The average molecular weight is 341 g/mol. The number of aromatic nitrogens is 2. The highest BCUT2D eigenvalue weighted by Crippen LogP contribution is 2.24. The van der Waals surface area contributed by atoms with Crippen molar-refractivity contribution in [1.82, 2.24) is 9.55 Å². The van der Waals surface area contributed by atoms with Crippen molar-refractivity contribution in [2.75, 3.05) is 12.4 Å². The van der Waals surface area contributed by atoms with Crippen LogP contribution in [0.4, 0.5) is 5.69 Å². The Balaban J connectivity index is 1.85. The van der Waals surface area contributed by atoms with E-state index < -0.39 is 5.91 Å². The number of phenols is 1. The van der Waals surface area contributed by atoms with Gasteiger partial charge in [-0.25, -0.2) is 0 Å². The van der Waals surface area contributed by atoms with Crippen molar-refractivity contribution in [3.8, 4) is 17.2 Å². The Bertz CT molecular complexity index is 946. The Morgan fingerprint density at radius 2 is 2.12 bits per heavy atom. The molecule has 7 heteroatoms. The lowest BCUT2D eigenvalue weighted by molar-refractivity contribution is 0.102. The number of imidazole rings is 1. The largest absolute Gasteiger partial charge is 0.507 e. The third-order valence-corrected chi connectivity index (χ3v) is 3.80. The molecule has 1 heterocycles. The fourth-order valence-electron chi connectivity index (χ4n) is 2.29. The minimum absolute atomic E-state index is 0.143. The Morgan fingerprint density at radius 1 is 1.29 bits per heavy atom. The van der Waals surface area contributed by atoms with Crippen LogP contribution >= 0.6 is 12.2 Å². The number of hydrogen-bond acceptors (Lipinski definition) is 4. The maximum Gasteiger partial charge on any atom is 0.259 e. The van der Waals surface area contributed by atoms with Crippen LogP contribution < -0.4 is 10.1 Å². The van der Waals surface area contributed by atoms with E-state index in [1.165, 1.54) is 19.2 Å². The lowest BCUT2D eigenvalue weighted by atomic mass is 10.1. The molecule has 0 aliphatic heterocycles. The van der Waals surface area contributed by atoms with Crippen LogP contribution in [-0.2, 0) is 0 Å². The number of aromatic hydroxyl groups is 1. The number of rotatable bonds is 4. The topological polar surface area (TPSA) is 79.3 Å². The first-order chi connectivity index (χ1) is 11.6. The zero-order chi connectivity index (χ0) is 17.1. The van der Waals surface area contributed by atoms with Crippen LogP contribution in [0.5, 0.6) is 11.5 Å². The number of anilines is 1. The number of H-pyrrole nitrogens is 1. The van der Waals surface area contributed by atoms with E-state index in [9.17, 15) is 9.90 Å². The molecule has 0 unspecified atom stereocenters. The van der Waals surface area contributed by atoms with Crippen LogP contribution in [0.3, 0.4) is 0 Å². The number of nitrogens with zero attached hydrogens (tertiary/aromatic N) is 1. The molecule has 122 valence electrons. The third kappa shape index (κ3) is 3.16. The van der Waals surface area contributed by atoms with Gasteiger partial charge in [-0.1, -0.05) is 6.07 Å². The number of nitrogens with one attached hydrogen (secondary N) is 2. The normalized spacial score (nSPS) is 10.4. The van der Waals surface area contributed by atoms with Gasteiger partial charge >= 0.3 is 0 Å². The van der Waals surface area contributed by atoms with Crippen LogP contribution in [-0.4, -0.2) is 27.7 Å². The van der Waals surface area contributed by atoms with E-state index in [0.717, 1.165) is 5.69 Å². The van der Waals surface area contributed by atoms with E-state index in [1.54, 1.807) is 35.2 Å². The second-order valence-corrected chi connectivity index (χ2v) is 5.41. The molecular formula is C17H15N3O3S. The van der Waals surface area contributed by atoms with Crippen molar-refractivity contribution >= 4 is 23.8 Å². The summed E-state index contributed by atoms with van der Waals surface area (Å²) in [6.45, 7) is 0. The maximum absolute atomic E-state index is 12.4.